The lowest BCUT2D eigenvalue weighted by atomic mass is 10.2. The first kappa shape index (κ1) is 9.76. The zero-order chi connectivity index (χ0) is 8.53. The standard InChI is InChI=1S/C7H12N2O2/c8-5-3-1-2-4-6-11-7(9)10/h1-4,6H2,(H2,9,10). The second kappa shape index (κ2) is 6.87. The van der Waals surface area contributed by atoms with Crippen LogP contribution in [0.2, 0.25) is 0 Å². The van der Waals surface area contributed by atoms with E-state index >= 15 is 0 Å². The summed E-state index contributed by atoms with van der Waals surface area (Å²) in [5.41, 5.74) is 4.72. The highest BCUT2D eigenvalue weighted by molar-refractivity contribution is 5.64. The Bertz CT molecular complexity index is 151. The Morgan fingerprint density at radius 1 is 1.45 bits per heavy atom. The first-order valence-electron chi connectivity index (χ1n) is 3.56. The van der Waals surface area contributed by atoms with Gasteiger partial charge < -0.3 is 10.5 Å². The summed E-state index contributed by atoms with van der Waals surface area (Å²) < 4.78 is 4.48. The van der Waals surface area contributed by atoms with Gasteiger partial charge in [-0.15, -0.1) is 0 Å². The van der Waals surface area contributed by atoms with Crippen LogP contribution in [-0.4, -0.2) is 12.7 Å². The molecule has 62 valence electrons. The van der Waals surface area contributed by atoms with Gasteiger partial charge in [0.2, 0.25) is 0 Å². The lowest BCUT2D eigenvalue weighted by Crippen LogP contribution is -2.13. The van der Waals surface area contributed by atoms with E-state index in [0.717, 1.165) is 19.3 Å². The van der Waals surface area contributed by atoms with Crippen molar-refractivity contribution in [2.45, 2.75) is 25.7 Å². The Kier molecular flexibility index (Phi) is 6.10. The van der Waals surface area contributed by atoms with Crippen molar-refractivity contribution in [3.8, 4) is 6.07 Å². The van der Waals surface area contributed by atoms with E-state index in [0.29, 0.717) is 13.0 Å². The molecule has 0 rings (SSSR count). The Morgan fingerprint density at radius 3 is 2.73 bits per heavy atom. The van der Waals surface area contributed by atoms with Crippen LogP contribution in [-0.2, 0) is 4.74 Å². The molecule has 0 unspecified atom stereocenters. The van der Waals surface area contributed by atoms with Gasteiger partial charge in [0.25, 0.3) is 0 Å². The highest BCUT2D eigenvalue weighted by atomic mass is 16.5. The maximum absolute atomic E-state index is 10.0. The van der Waals surface area contributed by atoms with Gasteiger partial charge in [0.1, 0.15) is 0 Å². The van der Waals surface area contributed by atoms with Crippen molar-refractivity contribution in [2.75, 3.05) is 6.61 Å². The maximum atomic E-state index is 10.0. The molecule has 0 aliphatic carbocycles. The highest BCUT2D eigenvalue weighted by Gasteiger charge is 1.92. The van der Waals surface area contributed by atoms with Gasteiger partial charge in [-0.05, 0) is 19.3 Å². The van der Waals surface area contributed by atoms with Gasteiger partial charge in [-0.25, -0.2) is 4.79 Å². The molecule has 0 heterocycles. The quantitative estimate of drug-likeness (QED) is 0.607. The predicted octanol–water partition coefficient (Wildman–Crippen LogP) is 1.17. The van der Waals surface area contributed by atoms with Crippen molar-refractivity contribution in [3.05, 3.63) is 0 Å². The van der Waals surface area contributed by atoms with Crippen LogP contribution in [0.15, 0.2) is 0 Å². The van der Waals surface area contributed by atoms with Crippen LogP contribution >= 0.6 is 0 Å². The molecule has 0 aliphatic heterocycles. The first-order chi connectivity index (χ1) is 5.27. The fourth-order valence-corrected chi connectivity index (χ4v) is 0.656. The molecule has 4 heteroatoms. The lowest BCUT2D eigenvalue weighted by molar-refractivity contribution is 0.154. The van der Waals surface area contributed by atoms with Crippen LogP contribution < -0.4 is 5.73 Å². The summed E-state index contributed by atoms with van der Waals surface area (Å²) in [6, 6.07) is 2.03. The summed E-state index contributed by atoms with van der Waals surface area (Å²) in [6.45, 7) is 0.362. The van der Waals surface area contributed by atoms with Crippen LogP contribution in [0.5, 0.6) is 0 Å². The Morgan fingerprint density at radius 2 is 2.18 bits per heavy atom. The summed E-state index contributed by atoms with van der Waals surface area (Å²) >= 11 is 0. The number of amides is 1. The van der Waals surface area contributed by atoms with Crippen LogP contribution in [0.4, 0.5) is 4.79 Å². The zero-order valence-corrected chi connectivity index (χ0v) is 6.38. The normalized spacial score (nSPS) is 8.64. The monoisotopic (exact) mass is 156 g/mol. The number of nitriles is 1. The molecule has 0 radical (unpaired) electrons. The molecule has 0 spiro atoms. The lowest BCUT2D eigenvalue weighted by Gasteiger charge is -1.98. The van der Waals surface area contributed by atoms with E-state index in [-0.39, 0.29) is 0 Å². The molecule has 0 saturated carbocycles. The molecule has 0 aromatic rings. The highest BCUT2D eigenvalue weighted by Crippen LogP contribution is 1.98. The molecule has 0 aliphatic rings. The van der Waals surface area contributed by atoms with Gasteiger partial charge in [0, 0.05) is 6.42 Å². The molecule has 0 atom stereocenters. The van der Waals surface area contributed by atoms with Gasteiger partial charge in [0.05, 0.1) is 12.7 Å². The molecular formula is C7H12N2O2. The minimum absolute atomic E-state index is 0.362. The molecule has 0 aromatic carbocycles. The molecule has 0 aromatic heterocycles. The van der Waals surface area contributed by atoms with Gasteiger partial charge in [-0.2, -0.15) is 5.26 Å². The van der Waals surface area contributed by atoms with Gasteiger partial charge >= 0.3 is 6.09 Å². The van der Waals surface area contributed by atoms with Crippen molar-refractivity contribution in [1.29, 1.82) is 5.26 Å². The third-order valence-electron chi connectivity index (χ3n) is 1.18. The third kappa shape index (κ3) is 8.76. The van der Waals surface area contributed by atoms with Gasteiger partial charge in [0.15, 0.2) is 0 Å². The number of nitrogens with two attached hydrogens (primary N) is 1. The summed E-state index contributed by atoms with van der Waals surface area (Å²) in [5.74, 6) is 0. The van der Waals surface area contributed by atoms with Crippen LogP contribution in [0.25, 0.3) is 0 Å². The number of carbonyl (C=O) groups is 1. The average Bonchev–Trinajstić information content (AvgIpc) is 1.96. The number of ether oxygens (including phenoxy) is 1. The summed E-state index contributed by atoms with van der Waals surface area (Å²) in [6.07, 6.45) is 2.38. The third-order valence-corrected chi connectivity index (χ3v) is 1.18. The molecule has 4 nitrogen and oxygen atoms in total. The minimum Gasteiger partial charge on any atom is -0.450 e. The van der Waals surface area contributed by atoms with E-state index in [9.17, 15) is 4.79 Å². The topological polar surface area (TPSA) is 76.1 Å². The first-order valence-corrected chi connectivity index (χ1v) is 3.56. The Labute approximate surface area is 65.9 Å². The summed E-state index contributed by atoms with van der Waals surface area (Å²) in [7, 11) is 0. The molecule has 0 fully saturated rings. The van der Waals surface area contributed by atoms with Crippen molar-refractivity contribution in [3.63, 3.8) is 0 Å². The summed E-state index contributed by atoms with van der Waals surface area (Å²) in [5, 5.41) is 8.16. The largest absolute Gasteiger partial charge is 0.450 e. The van der Waals surface area contributed by atoms with Crippen LogP contribution in [0.1, 0.15) is 25.7 Å². The van der Waals surface area contributed by atoms with E-state index in [1.54, 1.807) is 0 Å². The number of hydrogen-bond donors (Lipinski definition) is 1. The van der Waals surface area contributed by atoms with E-state index in [1.165, 1.54) is 0 Å². The molecule has 0 saturated heterocycles. The maximum Gasteiger partial charge on any atom is 0.404 e. The smallest absolute Gasteiger partial charge is 0.404 e. The minimum atomic E-state index is -0.731. The van der Waals surface area contributed by atoms with Gasteiger partial charge in [-0.1, -0.05) is 0 Å². The van der Waals surface area contributed by atoms with Crippen molar-refractivity contribution in [2.24, 2.45) is 5.73 Å². The fourth-order valence-electron chi connectivity index (χ4n) is 0.656. The Hall–Kier alpha value is -1.24. The summed E-state index contributed by atoms with van der Waals surface area (Å²) in [4.78, 5) is 10.0. The van der Waals surface area contributed by atoms with E-state index in [1.807, 2.05) is 6.07 Å². The number of rotatable bonds is 5. The second-order valence-corrected chi connectivity index (χ2v) is 2.14. The Balaban J connectivity index is 2.92. The van der Waals surface area contributed by atoms with Gasteiger partial charge in [-0.3, -0.25) is 0 Å². The fraction of sp³-hybridized carbons (Fsp3) is 0.714. The predicted molar refractivity (Wildman–Crippen MR) is 39.6 cm³/mol. The number of primary amides is 1. The van der Waals surface area contributed by atoms with Crippen LogP contribution in [0, 0.1) is 11.3 Å². The number of carbonyl (C=O) groups excluding carboxylic acids is 1. The zero-order valence-electron chi connectivity index (χ0n) is 6.38. The number of nitrogens with zero attached hydrogens (tertiary/aromatic N) is 1. The van der Waals surface area contributed by atoms with Crippen molar-refractivity contribution in [1.82, 2.24) is 0 Å². The SMILES string of the molecule is N#CCCCCCOC(N)=O. The van der Waals surface area contributed by atoms with Crippen LogP contribution in [0.3, 0.4) is 0 Å². The second-order valence-electron chi connectivity index (χ2n) is 2.14. The van der Waals surface area contributed by atoms with E-state index in [2.05, 4.69) is 4.74 Å². The molecule has 0 bridgehead atoms. The molecule has 1 amide bonds. The number of hydrogen-bond acceptors (Lipinski definition) is 3. The van der Waals surface area contributed by atoms with Crippen molar-refractivity contribution >= 4 is 6.09 Å². The molecular weight excluding hydrogens is 144 g/mol. The van der Waals surface area contributed by atoms with E-state index < -0.39 is 6.09 Å². The van der Waals surface area contributed by atoms with Crippen molar-refractivity contribution < 1.29 is 9.53 Å². The molecule has 2 N–H and O–H groups in total. The van der Waals surface area contributed by atoms with E-state index in [4.69, 9.17) is 11.0 Å². The number of unbranched alkanes of at least 4 members (excludes halogenated alkanes) is 3. The average molecular weight is 156 g/mol. The molecule has 11 heavy (non-hydrogen) atoms.